The van der Waals surface area contributed by atoms with Gasteiger partial charge in [0.1, 0.15) is 0 Å². The average Bonchev–Trinajstić information content (AvgIpc) is 2.66. The van der Waals surface area contributed by atoms with E-state index in [1.165, 1.54) is 11.3 Å². The first-order valence-electron chi connectivity index (χ1n) is 9.49. The Morgan fingerprint density at radius 2 is 1.73 bits per heavy atom. The highest BCUT2D eigenvalue weighted by Gasteiger charge is 2.07. The van der Waals surface area contributed by atoms with Crippen LogP contribution in [-0.4, -0.2) is 25.5 Å². The number of carbonyl (C=O) groups excluding carboxylic acids is 1. The van der Waals surface area contributed by atoms with Gasteiger partial charge in [0.25, 0.3) is 5.91 Å². The fourth-order valence-electron chi connectivity index (χ4n) is 2.79. The maximum absolute atomic E-state index is 12.2. The summed E-state index contributed by atoms with van der Waals surface area (Å²) >= 11 is 0. The van der Waals surface area contributed by atoms with Gasteiger partial charge >= 0.3 is 0 Å². The van der Waals surface area contributed by atoms with E-state index in [0.29, 0.717) is 18.0 Å². The molecule has 0 spiro atoms. The summed E-state index contributed by atoms with van der Waals surface area (Å²) < 4.78 is 0. The van der Waals surface area contributed by atoms with Gasteiger partial charge in [-0.25, -0.2) is 0 Å². The van der Waals surface area contributed by atoms with Crippen molar-refractivity contribution < 1.29 is 4.79 Å². The molecule has 2 N–H and O–H groups in total. The molecule has 0 aromatic heterocycles. The SMILES string of the molecule is CCN(CC)c1ccc(CNc2cccc(C(=O)NCC(C)C)c2)cc1. The number of hydrogen-bond donors (Lipinski definition) is 2. The molecule has 0 saturated carbocycles. The van der Waals surface area contributed by atoms with Gasteiger partial charge in [-0.05, 0) is 55.7 Å². The smallest absolute Gasteiger partial charge is 0.251 e. The third-order valence-corrected chi connectivity index (χ3v) is 4.36. The Kier molecular flexibility index (Phi) is 7.52. The van der Waals surface area contributed by atoms with E-state index in [4.69, 9.17) is 0 Å². The number of benzene rings is 2. The minimum atomic E-state index is -0.0223. The second kappa shape index (κ2) is 9.85. The molecule has 0 aliphatic heterocycles. The molecule has 2 rings (SSSR count). The Morgan fingerprint density at radius 1 is 1.04 bits per heavy atom. The molecular weight excluding hydrogens is 322 g/mol. The van der Waals surface area contributed by atoms with Crippen molar-refractivity contribution in [3.05, 3.63) is 59.7 Å². The predicted molar refractivity (Wildman–Crippen MR) is 111 cm³/mol. The zero-order chi connectivity index (χ0) is 18.9. The molecule has 4 heteroatoms. The molecule has 0 unspecified atom stereocenters. The molecule has 26 heavy (non-hydrogen) atoms. The summed E-state index contributed by atoms with van der Waals surface area (Å²) in [5, 5.41) is 6.36. The van der Waals surface area contributed by atoms with E-state index >= 15 is 0 Å². The van der Waals surface area contributed by atoms with Crippen molar-refractivity contribution in [1.82, 2.24) is 5.32 Å². The molecule has 0 heterocycles. The minimum Gasteiger partial charge on any atom is -0.381 e. The Morgan fingerprint density at radius 3 is 2.35 bits per heavy atom. The van der Waals surface area contributed by atoms with Crippen molar-refractivity contribution in [1.29, 1.82) is 0 Å². The van der Waals surface area contributed by atoms with Crippen LogP contribution < -0.4 is 15.5 Å². The van der Waals surface area contributed by atoms with E-state index < -0.39 is 0 Å². The number of hydrogen-bond acceptors (Lipinski definition) is 3. The Balaban J connectivity index is 1.95. The topological polar surface area (TPSA) is 44.4 Å². The van der Waals surface area contributed by atoms with Crippen molar-refractivity contribution in [2.45, 2.75) is 34.2 Å². The van der Waals surface area contributed by atoms with E-state index in [9.17, 15) is 4.79 Å². The molecule has 140 valence electrons. The van der Waals surface area contributed by atoms with Gasteiger partial charge in [0.15, 0.2) is 0 Å². The van der Waals surface area contributed by atoms with Crippen LogP contribution in [0.4, 0.5) is 11.4 Å². The summed E-state index contributed by atoms with van der Waals surface area (Å²) in [6, 6.07) is 16.3. The number of carbonyl (C=O) groups is 1. The predicted octanol–water partition coefficient (Wildman–Crippen LogP) is 4.53. The maximum atomic E-state index is 12.2. The lowest BCUT2D eigenvalue weighted by atomic mass is 10.1. The van der Waals surface area contributed by atoms with Gasteiger partial charge in [-0.15, -0.1) is 0 Å². The lowest BCUT2D eigenvalue weighted by molar-refractivity contribution is 0.0949. The molecule has 2 aromatic carbocycles. The highest BCUT2D eigenvalue weighted by atomic mass is 16.1. The molecule has 0 bridgehead atoms. The molecule has 2 aromatic rings. The number of anilines is 2. The first kappa shape index (κ1) is 19.8. The monoisotopic (exact) mass is 353 g/mol. The number of nitrogens with zero attached hydrogens (tertiary/aromatic N) is 1. The summed E-state index contributed by atoms with van der Waals surface area (Å²) in [4.78, 5) is 14.5. The maximum Gasteiger partial charge on any atom is 0.251 e. The summed E-state index contributed by atoms with van der Waals surface area (Å²) in [7, 11) is 0. The lowest BCUT2D eigenvalue weighted by Crippen LogP contribution is -2.27. The van der Waals surface area contributed by atoms with Gasteiger partial charge in [-0.1, -0.05) is 32.0 Å². The molecule has 0 aliphatic carbocycles. The van der Waals surface area contributed by atoms with Crippen molar-refractivity contribution in [3.8, 4) is 0 Å². The van der Waals surface area contributed by atoms with Gasteiger partial charge in [0, 0.05) is 43.1 Å². The second-order valence-corrected chi connectivity index (χ2v) is 6.88. The van der Waals surface area contributed by atoms with Gasteiger partial charge in [-0.3, -0.25) is 4.79 Å². The van der Waals surface area contributed by atoms with Crippen LogP contribution >= 0.6 is 0 Å². The first-order valence-corrected chi connectivity index (χ1v) is 9.49. The summed E-state index contributed by atoms with van der Waals surface area (Å²) in [6.07, 6.45) is 0. The number of rotatable bonds is 9. The molecule has 0 saturated heterocycles. The van der Waals surface area contributed by atoms with Gasteiger partial charge < -0.3 is 15.5 Å². The fourth-order valence-corrected chi connectivity index (χ4v) is 2.79. The van der Waals surface area contributed by atoms with Crippen LogP contribution in [0.15, 0.2) is 48.5 Å². The van der Waals surface area contributed by atoms with Crippen LogP contribution in [0.25, 0.3) is 0 Å². The quantitative estimate of drug-likeness (QED) is 0.696. The van der Waals surface area contributed by atoms with Crippen LogP contribution in [0.3, 0.4) is 0 Å². The standard InChI is InChI=1S/C22H31N3O/c1-5-25(6-2)21-12-10-18(11-13-21)16-23-20-9-7-8-19(14-20)22(26)24-15-17(3)4/h7-14,17,23H,5-6,15-16H2,1-4H3,(H,24,26). The van der Waals surface area contributed by atoms with E-state index in [2.05, 4.69) is 67.5 Å². The van der Waals surface area contributed by atoms with Crippen molar-refractivity contribution >= 4 is 17.3 Å². The number of amides is 1. The Hall–Kier alpha value is -2.49. The third-order valence-electron chi connectivity index (χ3n) is 4.36. The van der Waals surface area contributed by atoms with Crippen LogP contribution in [0.5, 0.6) is 0 Å². The summed E-state index contributed by atoms with van der Waals surface area (Å²) in [5.74, 6) is 0.422. The van der Waals surface area contributed by atoms with Crippen LogP contribution in [0.1, 0.15) is 43.6 Å². The average molecular weight is 354 g/mol. The highest BCUT2D eigenvalue weighted by Crippen LogP contribution is 2.17. The first-order chi connectivity index (χ1) is 12.5. The molecule has 0 radical (unpaired) electrons. The van der Waals surface area contributed by atoms with E-state index in [1.54, 1.807) is 0 Å². The highest BCUT2D eigenvalue weighted by molar-refractivity contribution is 5.95. The third kappa shape index (κ3) is 5.80. The molecular formula is C22H31N3O. The van der Waals surface area contributed by atoms with Crippen molar-refractivity contribution in [2.75, 3.05) is 29.9 Å². The van der Waals surface area contributed by atoms with Gasteiger partial charge in [0.05, 0.1) is 0 Å². The van der Waals surface area contributed by atoms with Crippen LogP contribution in [-0.2, 0) is 6.54 Å². The summed E-state index contributed by atoms with van der Waals surface area (Å²) in [6.45, 7) is 12.0. The fraction of sp³-hybridized carbons (Fsp3) is 0.409. The number of nitrogens with one attached hydrogen (secondary N) is 2. The van der Waals surface area contributed by atoms with Crippen LogP contribution in [0, 0.1) is 5.92 Å². The zero-order valence-corrected chi connectivity index (χ0v) is 16.4. The van der Waals surface area contributed by atoms with E-state index in [1.807, 2.05) is 24.3 Å². The lowest BCUT2D eigenvalue weighted by Gasteiger charge is -2.21. The summed E-state index contributed by atoms with van der Waals surface area (Å²) in [5.41, 5.74) is 4.11. The largest absolute Gasteiger partial charge is 0.381 e. The molecule has 1 amide bonds. The second-order valence-electron chi connectivity index (χ2n) is 6.88. The van der Waals surface area contributed by atoms with E-state index in [-0.39, 0.29) is 5.91 Å². The molecule has 0 atom stereocenters. The van der Waals surface area contributed by atoms with Crippen LogP contribution in [0.2, 0.25) is 0 Å². The minimum absolute atomic E-state index is 0.0223. The zero-order valence-electron chi connectivity index (χ0n) is 16.4. The van der Waals surface area contributed by atoms with Crippen molar-refractivity contribution in [3.63, 3.8) is 0 Å². The van der Waals surface area contributed by atoms with E-state index in [0.717, 1.165) is 25.3 Å². The Labute approximate surface area is 157 Å². The van der Waals surface area contributed by atoms with Crippen molar-refractivity contribution in [2.24, 2.45) is 5.92 Å². The molecule has 0 fully saturated rings. The molecule has 0 aliphatic rings. The Bertz CT molecular complexity index is 691. The molecule has 4 nitrogen and oxygen atoms in total. The van der Waals surface area contributed by atoms with Gasteiger partial charge in [-0.2, -0.15) is 0 Å². The normalized spacial score (nSPS) is 10.7. The van der Waals surface area contributed by atoms with Gasteiger partial charge in [0.2, 0.25) is 0 Å².